The predicted octanol–water partition coefficient (Wildman–Crippen LogP) is 6.57. The highest BCUT2D eigenvalue weighted by Gasteiger charge is 2.42. The van der Waals surface area contributed by atoms with Crippen molar-refractivity contribution in [1.82, 2.24) is 0 Å². The van der Waals surface area contributed by atoms with Crippen molar-refractivity contribution in [2.75, 3.05) is 0 Å². The molecular formula is C17H18F6. The molecule has 0 bridgehead atoms. The second kappa shape index (κ2) is 6.21. The van der Waals surface area contributed by atoms with Crippen LogP contribution in [0.3, 0.4) is 0 Å². The summed E-state index contributed by atoms with van der Waals surface area (Å²) >= 11 is 0. The molecular weight excluding hydrogens is 318 g/mol. The summed E-state index contributed by atoms with van der Waals surface area (Å²) in [5.74, 6) is -1.59. The largest absolute Gasteiger partial charge is 0.417 e. The lowest BCUT2D eigenvalue weighted by Crippen LogP contribution is -2.27. The van der Waals surface area contributed by atoms with Gasteiger partial charge in [-0.25, -0.2) is 0 Å². The Morgan fingerprint density at radius 1 is 1.00 bits per heavy atom. The molecule has 0 spiro atoms. The molecule has 0 N–H and O–H groups in total. The summed E-state index contributed by atoms with van der Waals surface area (Å²) in [6.45, 7) is 5.05. The first-order valence-electron chi connectivity index (χ1n) is 7.44. The molecule has 0 aliphatic heterocycles. The van der Waals surface area contributed by atoms with Gasteiger partial charge in [-0.2, -0.15) is 26.3 Å². The Labute approximate surface area is 131 Å². The summed E-state index contributed by atoms with van der Waals surface area (Å²) in [5, 5.41) is 0. The highest BCUT2D eigenvalue weighted by atomic mass is 19.4. The van der Waals surface area contributed by atoms with E-state index >= 15 is 0 Å². The van der Waals surface area contributed by atoms with E-state index in [0.717, 1.165) is 6.07 Å². The van der Waals surface area contributed by atoms with Gasteiger partial charge in [0, 0.05) is 0 Å². The maximum absolute atomic E-state index is 13.2. The lowest BCUT2D eigenvalue weighted by atomic mass is 9.77. The fraction of sp³-hybridized carbons (Fsp3) is 0.529. The molecule has 0 saturated heterocycles. The van der Waals surface area contributed by atoms with E-state index in [9.17, 15) is 26.3 Å². The van der Waals surface area contributed by atoms with Crippen molar-refractivity contribution >= 4 is 5.57 Å². The predicted molar refractivity (Wildman–Crippen MR) is 76.9 cm³/mol. The zero-order chi connectivity index (χ0) is 17.4. The Bertz CT molecular complexity index is 574. The molecule has 0 heterocycles. The fourth-order valence-corrected chi connectivity index (χ4v) is 3.18. The molecule has 0 radical (unpaired) electrons. The van der Waals surface area contributed by atoms with Crippen LogP contribution in [-0.4, -0.2) is 6.18 Å². The average molecular weight is 336 g/mol. The van der Waals surface area contributed by atoms with Crippen molar-refractivity contribution < 1.29 is 26.3 Å². The number of hydrogen-bond donors (Lipinski definition) is 0. The van der Waals surface area contributed by atoms with Crippen molar-refractivity contribution in [3.8, 4) is 0 Å². The number of halogens is 6. The molecule has 0 unspecified atom stereocenters. The van der Waals surface area contributed by atoms with Crippen molar-refractivity contribution in [2.24, 2.45) is 5.92 Å². The van der Waals surface area contributed by atoms with Crippen LogP contribution in [-0.2, 0) is 6.18 Å². The van der Waals surface area contributed by atoms with Gasteiger partial charge < -0.3 is 0 Å². The van der Waals surface area contributed by atoms with Crippen LogP contribution in [0.15, 0.2) is 24.8 Å². The third-order valence-electron chi connectivity index (χ3n) is 4.47. The van der Waals surface area contributed by atoms with Crippen LogP contribution in [0.5, 0.6) is 0 Å². The van der Waals surface area contributed by atoms with Gasteiger partial charge in [0.2, 0.25) is 0 Å². The van der Waals surface area contributed by atoms with Crippen LogP contribution < -0.4 is 0 Å². The second-order valence-electron chi connectivity index (χ2n) is 6.17. The van der Waals surface area contributed by atoms with Gasteiger partial charge in [-0.05, 0) is 55.7 Å². The summed E-state index contributed by atoms with van der Waals surface area (Å²) < 4.78 is 77.6. The zero-order valence-electron chi connectivity index (χ0n) is 12.7. The van der Waals surface area contributed by atoms with E-state index in [1.807, 2.05) is 0 Å². The van der Waals surface area contributed by atoms with E-state index < -0.39 is 23.8 Å². The Balaban J connectivity index is 2.24. The summed E-state index contributed by atoms with van der Waals surface area (Å²) in [5.41, 5.74) is 0.0401. The molecule has 1 aliphatic rings. The highest BCUT2D eigenvalue weighted by molar-refractivity contribution is 5.65. The zero-order valence-corrected chi connectivity index (χ0v) is 12.7. The SMILES string of the molecule is C=C(C)c1ccc(C2CCC(C(F)(F)F)CC2)cc1C(F)(F)F. The quantitative estimate of drug-likeness (QED) is 0.536. The van der Waals surface area contributed by atoms with Crippen molar-refractivity contribution in [1.29, 1.82) is 0 Å². The van der Waals surface area contributed by atoms with E-state index in [-0.39, 0.29) is 37.2 Å². The summed E-state index contributed by atoms with van der Waals surface area (Å²) in [6, 6.07) is 4.02. The topological polar surface area (TPSA) is 0 Å². The molecule has 1 fully saturated rings. The van der Waals surface area contributed by atoms with Crippen LogP contribution in [0.4, 0.5) is 26.3 Å². The second-order valence-corrected chi connectivity index (χ2v) is 6.17. The Morgan fingerprint density at radius 3 is 2.00 bits per heavy atom. The molecule has 1 aliphatic carbocycles. The average Bonchev–Trinajstić information content (AvgIpc) is 2.45. The smallest absolute Gasteiger partial charge is 0.171 e. The third kappa shape index (κ3) is 4.09. The molecule has 1 aromatic rings. The Hall–Kier alpha value is -1.46. The van der Waals surface area contributed by atoms with Crippen LogP contribution in [0, 0.1) is 5.92 Å². The Kier molecular flexibility index (Phi) is 4.83. The molecule has 0 aromatic heterocycles. The van der Waals surface area contributed by atoms with E-state index in [0.29, 0.717) is 11.1 Å². The van der Waals surface area contributed by atoms with Gasteiger partial charge in [0.05, 0.1) is 11.5 Å². The van der Waals surface area contributed by atoms with Crippen LogP contribution in [0.1, 0.15) is 55.2 Å². The minimum atomic E-state index is -4.51. The minimum Gasteiger partial charge on any atom is -0.171 e. The first-order chi connectivity index (χ1) is 10.5. The molecule has 0 nitrogen and oxygen atoms in total. The van der Waals surface area contributed by atoms with Crippen LogP contribution >= 0.6 is 0 Å². The summed E-state index contributed by atoms with van der Waals surface area (Å²) in [4.78, 5) is 0. The Morgan fingerprint density at radius 2 is 1.57 bits per heavy atom. The lowest BCUT2D eigenvalue weighted by Gasteiger charge is -2.30. The van der Waals surface area contributed by atoms with E-state index in [1.165, 1.54) is 13.0 Å². The monoisotopic (exact) mass is 336 g/mol. The van der Waals surface area contributed by atoms with Gasteiger partial charge in [-0.1, -0.05) is 24.3 Å². The molecule has 1 aromatic carbocycles. The maximum atomic E-state index is 13.2. The van der Waals surface area contributed by atoms with E-state index in [4.69, 9.17) is 0 Å². The van der Waals surface area contributed by atoms with Gasteiger partial charge in [0.25, 0.3) is 0 Å². The van der Waals surface area contributed by atoms with Gasteiger partial charge in [-0.15, -0.1) is 0 Å². The number of hydrogen-bond acceptors (Lipinski definition) is 0. The normalized spacial score (nSPS) is 22.9. The number of alkyl halides is 6. The minimum absolute atomic E-state index is 0.0300. The molecule has 6 heteroatoms. The molecule has 0 atom stereocenters. The maximum Gasteiger partial charge on any atom is 0.417 e. The molecule has 128 valence electrons. The molecule has 1 saturated carbocycles. The van der Waals surface area contributed by atoms with Gasteiger partial charge in [0.15, 0.2) is 0 Å². The van der Waals surface area contributed by atoms with Crippen LogP contribution in [0.25, 0.3) is 5.57 Å². The number of allylic oxidation sites excluding steroid dienone is 1. The first kappa shape index (κ1) is 17.9. The molecule has 23 heavy (non-hydrogen) atoms. The molecule has 0 amide bonds. The third-order valence-corrected chi connectivity index (χ3v) is 4.47. The van der Waals surface area contributed by atoms with Crippen molar-refractivity contribution in [2.45, 2.75) is 50.9 Å². The first-order valence-corrected chi connectivity index (χ1v) is 7.44. The van der Waals surface area contributed by atoms with Crippen LogP contribution in [0.2, 0.25) is 0 Å². The van der Waals surface area contributed by atoms with E-state index in [2.05, 4.69) is 6.58 Å². The standard InChI is InChI=1S/C17H18F6/c1-10(2)14-8-5-12(9-15(14)17(21,22)23)11-3-6-13(7-4-11)16(18,19)20/h5,8-9,11,13H,1,3-4,6-7H2,2H3. The van der Waals surface area contributed by atoms with Crippen molar-refractivity contribution in [3.63, 3.8) is 0 Å². The van der Waals surface area contributed by atoms with Crippen molar-refractivity contribution in [3.05, 3.63) is 41.5 Å². The molecule has 2 rings (SSSR count). The highest BCUT2D eigenvalue weighted by Crippen LogP contribution is 2.44. The van der Waals surface area contributed by atoms with E-state index in [1.54, 1.807) is 6.07 Å². The van der Waals surface area contributed by atoms with Gasteiger partial charge in [-0.3, -0.25) is 0 Å². The number of rotatable bonds is 2. The fourth-order valence-electron chi connectivity index (χ4n) is 3.18. The van der Waals surface area contributed by atoms with Gasteiger partial charge >= 0.3 is 12.4 Å². The van der Waals surface area contributed by atoms with Gasteiger partial charge in [0.1, 0.15) is 0 Å². The summed E-state index contributed by atoms with van der Waals surface area (Å²) in [6.07, 6.45) is -8.27. The lowest BCUT2D eigenvalue weighted by molar-refractivity contribution is -0.182. The summed E-state index contributed by atoms with van der Waals surface area (Å²) in [7, 11) is 0. The number of benzene rings is 1.